The van der Waals surface area contributed by atoms with E-state index in [2.05, 4.69) is 16.7 Å². The third-order valence-corrected chi connectivity index (χ3v) is 7.45. The molecule has 2 N–H and O–H groups in total. The van der Waals surface area contributed by atoms with Crippen LogP contribution in [-0.2, 0) is 26.6 Å². The van der Waals surface area contributed by atoms with Gasteiger partial charge in [-0.15, -0.1) is 0 Å². The highest BCUT2D eigenvalue weighted by atomic mass is 32.2. The second kappa shape index (κ2) is 12.2. The minimum atomic E-state index is -3.75. The Morgan fingerprint density at radius 3 is 2.54 bits per heavy atom. The molecular formula is C27H36N4O5S. The number of aromatic nitrogens is 2. The van der Waals surface area contributed by atoms with Gasteiger partial charge in [0.2, 0.25) is 0 Å². The van der Waals surface area contributed by atoms with Gasteiger partial charge in [0.15, 0.2) is 9.92 Å². The molecular weight excluding hydrogens is 492 g/mol. The lowest BCUT2D eigenvalue weighted by atomic mass is 9.85. The lowest BCUT2D eigenvalue weighted by Gasteiger charge is -2.26. The lowest BCUT2D eigenvalue weighted by molar-refractivity contribution is 0.0924. The summed E-state index contributed by atoms with van der Waals surface area (Å²) in [6.07, 6.45) is 5.54. The summed E-state index contributed by atoms with van der Waals surface area (Å²) in [5, 5.41) is 4.19. The number of carbonyl (C=O) groups is 1. The van der Waals surface area contributed by atoms with Gasteiger partial charge in [0.25, 0.3) is 5.91 Å². The van der Waals surface area contributed by atoms with Crippen molar-refractivity contribution in [3.63, 3.8) is 0 Å². The van der Waals surface area contributed by atoms with E-state index < -0.39 is 21.2 Å². The highest BCUT2D eigenvalue weighted by Crippen LogP contribution is 2.32. The molecule has 1 heterocycles. The highest BCUT2D eigenvalue weighted by Gasteiger charge is 2.26. The van der Waals surface area contributed by atoms with Gasteiger partial charge in [0.1, 0.15) is 16.4 Å². The number of ether oxygens (including phenoxy) is 3. The second-order valence-corrected chi connectivity index (χ2v) is 11.1. The van der Waals surface area contributed by atoms with Gasteiger partial charge in [-0.05, 0) is 42.3 Å². The van der Waals surface area contributed by atoms with Crippen molar-refractivity contribution in [2.45, 2.75) is 50.5 Å². The minimum absolute atomic E-state index is 0.102. The van der Waals surface area contributed by atoms with Crippen molar-refractivity contribution >= 4 is 15.8 Å². The molecule has 2 aromatic carbocycles. The molecule has 0 saturated heterocycles. The zero-order valence-corrected chi connectivity index (χ0v) is 22.9. The number of nitrogens with one attached hydrogen (secondary N) is 2. The highest BCUT2D eigenvalue weighted by molar-refractivity contribution is 7.91. The third-order valence-electron chi connectivity index (χ3n) is 6.04. The van der Waals surface area contributed by atoms with Crippen LogP contribution >= 0.6 is 0 Å². The molecule has 3 aromatic rings. The first-order valence-electron chi connectivity index (χ1n) is 12.1. The Labute approximate surface area is 219 Å². The topological polar surface area (TPSA) is 116 Å². The predicted octanol–water partition coefficient (Wildman–Crippen LogP) is 4.79. The number of hydrogen-bond acceptors (Lipinski definition) is 7. The maximum atomic E-state index is 13.5. The number of nitrogens with zero attached hydrogens (tertiary/aromatic N) is 2. The normalized spacial score (nSPS) is 13.1. The minimum Gasteiger partial charge on any atom is -0.496 e. The van der Waals surface area contributed by atoms with Crippen LogP contribution in [0.4, 0.5) is 0 Å². The molecule has 0 spiro atoms. The number of rotatable bonds is 13. The lowest BCUT2D eigenvalue weighted by Crippen LogP contribution is -2.31. The van der Waals surface area contributed by atoms with E-state index in [1.54, 1.807) is 41.2 Å². The van der Waals surface area contributed by atoms with Crippen LogP contribution < -0.4 is 14.2 Å². The van der Waals surface area contributed by atoms with Gasteiger partial charge in [0.05, 0.1) is 27.4 Å². The Hall–Kier alpha value is -3.37. The average Bonchev–Trinajstić information content (AvgIpc) is 3.39. The first-order chi connectivity index (χ1) is 17.6. The number of carbonyl (C=O) groups excluding carboxylic acids is 1. The fourth-order valence-corrected chi connectivity index (χ4v) is 5.03. The number of unbranched alkanes of at least 4 members (excludes halogenated alkanes) is 1. The Bertz CT molecular complexity index is 1300. The SMILES string of the molecule is CCCCOCC(C)(C)c1ccc(OC)c(S(=N)(=O)NC(=O)c2ccc(Cn3cccn3)c(OC)c2)c1. The van der Waals surface area contributed by atoms with Gasteiger partial charge in [-0.25, -0.2) is 8.99 Å². The van der Waals surface area contributed by atoms with Crippen LogP contribution in [0.15, 0.2) is 59.8 Å². The van der Waals surface area contributed by atoms with E-state index in [-0.39, 0.29) is 16.2 Å². The van der Waals surface area contributed by atoms with Crippen LogP contribution in [0.25, 0.3) is 0 Å². The fourth-order valence-electron chi connectivity index (χ4n) is 3.81. The smallest absolute Gasteiger partial charge is 0.263 e. The second-order valence-electron chi connectivity index (χ2n) is 9.37. The molecule has 200 valence electrons. The van der Waals surface area contributed by atoms with Gasteiger partial charge in [0, 0.05) is 35.5 Å². The van der Waals surface area contributed by atoms with Crippen LogP contribution in [0.2, 0.25) is 0 Å². The Balaban J connectivity index is 1.83. The standard InChI is InChI=1S/C27H36N4O5S/c1-6-7-15-36-19-27(2,3)22-11-12-23(34-4)25(17-22)37(28,33)30-26(32)20-9-10-21(24(16-20)35-5)18-31-14-8-13-29-31/h8-14,16-17H,6-7,15,18-19H2,1-5H3,(H2,28,30,32,33). The van der Waals surface area contributed by atoms with E-state index in [9.17, 15) is 9.00 Å². The molecule has 37 heavy (non-hydrogen) atoms. The van der Waals surface area contributed by atoms with Gasteiger partial charge in [-0.2, -0.15) is 5.10 Å². The molecule has 0 aliphatic rings. The van der Waals surface area contributed by atoms with Crippen molar-refractivity contribution in [1.29, 1.82) is 4.78 Å². The van der Waals surface area contributed by atoms with Crippen LogP contribution in [-0.4, -0.2) is 47.3 Å². The first-order valence-corrected chi connectivity index (χ1v) is 13.7. The summed E-state index contributed by atoms with van der Waals surface area (Å²) in [4.78, 5) is 13.2. The van der Waals surface area contributed by atoms with E-state index >= 15 is 0 Å². The Morgan fingerprint density at radius 1 is 1.14 bits per heavy atom. The van der Waals surface area contributed by atoms with Crippen molar-refractivity contribution in [1.82, 2.24) is 14.5 Å². The molecule has 0 aliphatic carbocycles. The predicted molar refractivity (Wildman–Crippen MR) is 143 cm³/mol. The van der Waals surface area contributed by atoms with E-state index in [1.807, 2.05) is 32.2 Å². The van der Waals surface area contributed by atoms with E-state index in [0.717, 1.165) is 24.0 Å². The molecule has 3 rings (SSSR count). The van der Waals surface area contributed by atoms with Gasteiger partial charge in [-0.1, -0.05) is 39.3 Å². The quantitative estimate of drug-likeness (QED) is 0.308. The van der Waals surface area contributed by atoms with Crippen LogP contribution in [0.1, 0.15) is 55.1 Å². The molecule has 1 unspecified atom stereocenters. The maximum absolute atomic E-state index is 13.5. The van der Waals surface area contributed by atoms with Crippen molar-refractivity contribution < 1.29 is 23.2 Å². The Kier molecular flexibility index (Phi) is 9.34. The summed E-state index contributed by atoms with van der Waals surface area (Å²) in [7, 11) is -0.796. The molecule has 0 radical (unpaired) electrons. The summed E-state index contributed by atoms with van der Waals surface area (Å²) >= 11 is 0. The molecule has 1 aromatic heterocycles. The first kappa shape index (κ1) is 28.2. The van der Waals surface area contributed by atoms with E-state index in [1.165, 1.54) is 14.2 Å². The average molecular weight is 529 g/mol. The molecule has 10 heteroatoms. The number of benzene rings is 2. The fraction of sp³-hybridized carbons (Fsp3) is 0.407. The molecule has 0 fully saturated rings. The maximum Gasteiger partial charge on any atom is 0.263 e. The number of hydrogen-bond donors (Lipinski definition) is 2. The molecule has 1 atom stereocenters. The molecule has 1 amide bonds. The van der Waals surface area contributed by atoms with Gasteiger partial charge in [-0.3, -0.25) is 14.2 Å². The molecule has 0 bridgehead atoms. The van der Waals surface area contributed by atoms with Crippen molar-refractivity contribution in [3.8, 4) is 11.5 Å². The van der Waals surface area contributed by atoms with Crippen LogP contribution in [0, 0.1) is 4.78 Å². The summed E-state index contributed by atoms with van der Waals surface area (Å²) in [6, 6.07) is 11.9. The molecule has 9 nitrogen and oxygen atoms in total. The summed E-state index contributed by atoms with van der Waals surface area (Å²) in [5.74, 6) is 0.0986. The van der Waals surface area contributed by atoms with Gasteiger partial charge < -0.3 is 14.2 Å². The van der Waals surface area contributed by atoms with Crippen LogP contribution in [0.5, 0.6) is 11.5 Å². The zero-order chi connectivity index (χ0) is 27.1. The van der Waals surface area contributed by atoms with Crippen molar-refractivity contribution in [2.75, 3.05) is 27.4 Å². The Morgan fingerprint density at radius 2 is 1.89 bits per heavy atom. The summed E-state index contributed by atoms with van der Waals surface area (Å²) in [5.41, 5.74) is 1.48. The van der Waals surface area contributed by atoms with E-state index in [4.69, 9.17) is 19.0 Å². The van der Waals surface area contributed by atoms with E-state index in [0.29, 0.717) is 25.5 Å². The monoisotopic (exact) mass is 528 g/mol. The van der Waals surface area contributed by atoms with Crippen molar-refractivity contribution in [2.24, 2.45) is 0 Å². The van der Waals surface area contributed by atoms with Crippen LogP contribution in [0.3, 0.4) is 0 Å². The summed E-state index contributed by atoms with van der Waals surface area (Å²) < 4.78 is 43.0. The molecule has 0 saturated carbocycles. The summed E-state index contributed by atoms with van der Waals surface area (Å²) in [6.45, 7) is 7.75. The number of methoxy groups -OCH3 is 2. The largest absolute Gasteiger partial charge is 0.496 e. The number of amides is 1. The van der Waals surface area contributed by atoms with Gasteiger partial charge >= 0.3 is 0 Å². The third kappa shape index (κ3) is 7.11. The molecule has 0 aliphatic heterocycles. The zero-order valence-electron chi connectivity index (χ0n) is 22.1. The van der Waals surface area contributed by atoms with Crippen molar-refractivity contribution in [3.05, 3.63) is 71.5 Å².